The molecule has 0 radical (unpaired) electrons. The number of Topliss-reactive ketones (excluding diaryl/α,β-unsaturated/α-hetero) is 2. The molecule has 10 heteroatoms. The summed E-state index contributed by atoms with van der Waals surface area (Å²) in [6.45, 7) is 2.06. The van der Waals surface area contributed by atoms with Crippen molar-refractivity contribution in [3.63, 3.8) is 0 Å². The van der Waals surface area contributed by atoms with Crippen molar-refractivity contribution in [2.24, 2.45) is 5.92 Å². The molecular formula is C31H27ClN2O7. The van der Waals surface area contributed by atoms with Crippen molar-refractivity contribution in [3.8, 4) is 23.0 Å². The van der Waals surface area contributed by atoms with E-state index in [1.807, 2.05) is 36.4 Å². The number of nitrogens with one attached hydrogen (secondary N) is 1. The van der Waals surface area contributed by atoms with Gasteiger partial charge in [-0.05, 0) is 30.2 Å². The molecule has 0 bridgehead atoms. The smallest absolute Gasteiger partial charge is 0.236 e. The summed E-state index contributed by atoms with van der Waals surface area (Å²) in [5.74, 6) is -1.35. The fraction of sp³-hybridized carbons (Fsp3) is 0.290. The van der Waals surface area contributed by atoms with Crippen molar-refractivity contribution >= 4 is 29.1 Å². The Morgan fingerprint density at radius 1 is 1.05 bits per heavy atom. The zero-order chi connectivity index (χ0) is 28.9. The number of allylic oxidation sites excluding steroid dienone is 1. The van der Waals surface area contributed by atoms with Crippen LogP contribution in [0.4, 0.5) is 0 Å². The van der Waals surface area contributed by atoms with Gasteiger partial charge in [0, 0.05) is 53.6 Å². The van der Waals surface area contributed by atoms with Gasteiger partial charge >= 0.3 is 0 Å². The molecule has 0 saturated heterocycles. The second kappa shape index (κ2) is 10.2. The van der Waals surface area contributed by atoms with Gasteiger partial charge in [0.1, 0.15) is 34.4 Å². The van der Waals surface area contributed by atoms with Gasteiger partial charge < -0.3 is 24.3 Å². The quantitative estimate of drug-likeness (QED) is 0.417. The van der Waals surface area contributed by atoms with Crippen LogP contribution in [0.5, 0.6) is 23.0 Å². The van der Waals surface area contributed by atoms with Gasteiger partial charge in [0.05, 0.1) is 14.2 Å². The van der Waals surface area contributed by atoms with Crippen molar-refractivity contribution < 1.29 is 33.3 Å². The number of benzene rings is 2. The molecule has 2 aromatic carbocycles. The molecule has 3 unspecified atom stereocenters. The van der Waals surface area contributed by atoms with Gasteiger partial charge in [-0.2, -0.15) is 0 Å². The third-order valence-electron chi connectivity index (χ3n) is 7.95. The minimum Gasteiger partial charge on any atom is -0.496 e. The number of ketones is 2. The van der Waals surface area contributed by atoms with Crippen LogP contribution >= 0.6 is 11.6 Å². The van der Waals surface area contributed by atoms with Crippen LogP contribution in [-0.4, -0.2) is 42.3 Å². The Kier molecular flexibility index (Phi) is 6.69. The van der Waals surface area contributed by atoms with Crippen molar-refractivity contribution in [2.45, 2.75) is 37.9 Å². The van der Waals surface area contributed by atoms with Gasteiger partial charge in [0.2, 0.25) is 23.1 Å². The molecule has 3 heterocycles. The van der Waals surface area contributed by atoms with E-state index >= 15 is 0 Å². The van der Waals surface area contributed by atoms with E-state index in [0.717, 1.165) is 5.56 Å². The van der Waals surface area contributed by atoms with Crippen LogP contribution in [0.15, 0.2) is 66.1 Å². The predicted octanol–water partition coefficient (Wildman–Crippen LogP) is 4.81. The molecule has 0 fully saturated rings. The number of methoxy groups -OCH3 is 2. The SMILES string of the molecule is COc1cc(OC)c2c(c1Cl)OC1(C(=O)C3=C(CC1C)NC(=O)CC3c1cccc(OCc3cccnc3)c1)C2=O. The van der Waals surface area contributed by atoms with Gasteiger partial charge in [0.15, 0.2) is 5.75 Å². The topological polar surface area (TPSA) is 113 Å². The van der Waals surface area contributed by atoms with Crippen LogP contribution in [-0.2, 0) is 16.2 Å². The Hall–Kier alpha value is -4.37. The maximum atomic E-state index is 14.5. The average Bonchev–Trinajstić information content (AvgIpc) is 3.30. The van der Waals surface area contributed by atoms with Crippen LogP contribution in [0.1, 0.15) is 47.2 Å². The standard InChI is InChI=1S/C31H27ClN2O7/c1-16-10-21-25(29(36)31(16)30(37)26-22(38-2)13-23(39-3)27(32)28(26)41-31)20(12-24(35)34-21)18-7-4-8-19(11-18)40-15-17-6-5-9-33-14-17/h4-9,11,13-14,16,20H,10,12,15H2,1-3H3,(H,34,35). The molecule has 0 saturated carbocycles. The Bertz CT molecular complexity index is 1620. The number of hydrogen-bond acceptors (Lipinski definition) is 8. The lowest BCUT2D eigenvalue weighted by atomic mass is 9.66. The van der Waals surface area contributed by atoms with Crippen LogP contribution in [0, 0.1) is 5.92 Å². The normalized spacial score (nSPS) is 23.1. The number of hydrogen-bond donors (Lipinski definition) is 1. The molecule has 1 aliphatic carbocycles. The first kappa shape index (κ1) is 26.8. The number of aromatic nitrogens is 1. The third kappa shape index (κ3) is 4.23. The Morgan fingerprint density at radius 2 is 1.85 bits per heavy atom. The number of ether oxygens (including phenoxy) is 4. The third-order valence-corrected chi connectivity index (χ3v) is 8.30. The van der Waals surface area contributed by atoms with Crippen LogP contribution in [0.2, 0.25) is 5.02 Å². The van der Waals surface area contributed by atoms with Crippen molar-refractivity contribution in [2.75, 3.05) is 14.2 Å². The number of carbonyl (C=O) groups excluding carboxylic acids is 3. The molecule has 1 amide bonds. The van der Waals surface area contributed by atoms with Crippen molar-refractivity contribution in [3.05, 3.63) is 87.8 Å². The lowest BCUT2D eigenvalue weighted by Gasteiger charge is -2.41. The first-order valence-corrected chi connectivity index (χ1v) is 13.5. The van der Waals surface area contributed by atoms with Gasteiger partial charge in [-0.25, -0.2) is 0 Å². The number of fused-ring (bicyclic) bond motifs is 1. The van der Waals surface area contributed by atoms with Crippen molar-refractivity contribution in [1.29, 1.82) is 0 Å². The van der Waals surface area contributed by atoms with E-state index in [-0.39, 0.29) is 46.6 Å². The number of rotatable bonds is 6. The van der Waals surface area contributed by atoms with E-state index in [9.17, 15) is 14.4 Å². The van der Waals surface area contributed by atoms with Gasteiger partial charge in [-0.1, -0.05) is 36.7 Å². The maximum absolute atomic E-state index is 14.5. The van der Waals surface area contributed by atoms with E-state index in [0.29, 0.717) is 29.2 Å². The Morgan fingerprint density at radius 3 is 2.59 bits per heavy atom. The summed E-state index contributed by atoms with van der Waals surface area (Å²) < 4.78 is 23.1. The number of pyridine rings is 1. The highest BCUT2D eigenvalue weighted by atomic mass is 35.5. The summed E-state index contributed by atoms with van der Waals surface area (Å²) >= 11 is 6.56. The number of halogens is 1. The Balaban J connectivity index is 1.39. The second-order valence-electron chi connectivity index (χ2n) is 10.3. The lowest BCUT2D eigenvalue weighted by Crippen LogP contribution is -2.59. The first-order chi connectivity index (χ1) is 19.8. The molecular weight excluding hydrogens is 548 g/mol. The summed E-state index contributed by atoms with van der Waals surface area (Å²) in [7, 11) is 2.86. The van der Waals surface area contributed by atoms with Gasteiger partial charge in [-0.15, -0.1) is 0 Å². The molecule has 210 valence electrons. The molecule has 41 heavy (non-hydrogen) atoms. The summed E-state index contributed by atoms with van der Waals surface area (Å²) in [6.07, 6.45) is 3.69. The molecule has 2 aliphatic heterocycles. The fourth-order valence-corrected chi connectivity index (χ4v) is 6.21. The van der Waals surface area contributed by atoms with E-state index in [1.54, 1.807) is 19.3 Å². The van der Waals surface area contributed by atoms with E-state index in [4.69, 9.17) is 30.5 Å². The highest BCUT2D eigenvalue weighted by Crippen LogP contribution is 2.55. The van der Waals surface area contributed by atoms with Crippen LogP contribution < -0.4 is 24.3 Å². The number of amides is 1. The van der Waals surface area contributed by atoms with E-state index in [2.05, 4.69) is 10.3 Å². The zero-order valence-corrected chi connectivity index (χ0v) is 23.4. The largest absolute Gasteiger partial charge is 0.496 e. The lowest BCUT2D eigenvalue weighted by molar-refractivity contribution is -0.131. The Labute approximate surface area is 241 Å². The molecule has 3 aliphatic rings. The highest BCUT2D eigenvalue weighted by Gasteiger charge is 2.63. The average molecular weight is 575 g/mol. The molecule has 3 atom stereocenters. The van der Waals surface area contributed by atoms with Gasteiger partial charge in [-0.3, -0.25) is 19.4 Å². The highest BCUT2D eigenvalue weighted by molar-refractivity contribution is 6.36. The summed E-state index contributed by atoms with van der Waals surface area (Å²) in [5.41, 5.74) is 0.702. The molecule has 6 rings (SSSR count). The molecule has 9 nitrogen and oxygen atoms in total. The van der Waals surface area contributed by atoms with Crippen molar-refractivity contribution in [1.82, 2.24) is 10.3 Å². The van der Waals surface area contributed by atoms with E-state index in [1.165, 1.54) is 20.3 Å². The number of nitrogens with zero attached hydrogens (tertiary/aromatic N) is 1. The summed E-state index contributed by atoms with van der Waals surface area (Å²) in [5, 5.41) is 2.96. The maximum Gasteiger partial charge on any atom is 0.236 e. The molecule has 1 spiro atoms. The minimum atomic E-state index is -1.86. The molecule has 1 N–H and O–H groups in total. The predicted molar refractivity (Wildman–Crippen MR) is 149 cm³/mol. The first-order valence-electron chi connectivity index (χ1n) is 13.2. The van der Waals surface area contributed by atoms with Gasteiger partial charge in [0.25, 0.3) is 0 Å². The number of carbonyl (C=O) groups is 3. The van der Waals surface area contributed by atoms with Crippen LogP contribution in [0.3, 0.4) is 0 Å². The second-order valence-corrected chi connectivity index (χ2v) is 10.7. The summed E-state index contributed by atoms with van der Waals surface area (Å²) in [4.78, 5) is 45.6. The fourth-order valence-electron chi connectivity index (χ4n) is 5.95. The molecule has 3 aromatic rings. The summed E-state index contributed by atoms with van der Waals surface area (Å²) in [6, 6.07) is 12.5. The van der Waals surface area contributed by atoms with Crippen LogP contribution in [0.25, 0.3) is 0 Å². The molecule has 1 aromatic heterocycles. The minimum absolute atomic E-state index is 0.0279. The van der Waals surface area contributed by atoms with E-state index < -0.39 is 29.0 Å². The zero-order valence-electron chi connectivity index (χ0n) is 22.7. The monoisotopic (exact) mass is 574 g/mol.